The maximum absolute atomic E-state index is 14.0. The van der Waals surface area contributed by atoms with E-state index in [1.165, 1.54) is 19.3 Å². The van der Waals surface area contributed by atoms with Crippen molar-refractivity contribution in [3.8, 4) is 0 Å². The monoisotopic (exact) mass is 471 g/mol. The zero-order chi connectivity index (χ0) is 23.9. The Kier molecular flexibility index (Phi) is 5.82. The van der Waals surface area contributed by atoms with Gasteiger partial charge in [-0.05, 0) is 13.0 Å². The highest BCUT2D eigenvalue weighted by atomic mass is 19.4. The second-order valence-electron chi connectivity index (χ2n) is 7.65. The van der Waals surface area contributed by atoms with E-state index in [0.29, 0.717) is 25.1 Å². The molecule has 0 unspecified atom stereocenters. The number of carbonyl (C=O) groups excluding carboxylic acids is 1. The smallest absolute Gasteiger partial charge is 0.416 e. The fraction of sp³-hybridized carbons (Fsp3) is 0.350. The molecule has 2 amide bonds. The minimum atomic E-state index is -4.99. The number of amides is 2. The fourth-order valence-electron chi connectivity index (χ4n) is 3.53. The number of hydrogen-bond acceptors (Lipinski definition) is 6. The number of aliphatic hydroxyl groups excluding tert-OH is 1. The topological polar surface area (TPSA) is 104 Å². The molecule has 4 rings (SSSR count). The van der Waals surface area contributed by atoms with Gasteiger partial charge in [-0.25, -0.2) is 23.5 Å². The number of aliphatic hydroxyl groups is 1. The summed E-state index contributed by atoms with van der Waals surface area (Å²) in [7, 11) is 0. The molecule has 0 spiro atoms. The van der Waals surface area contributed by atoms with Crippen molar-refractivity contribution in [3.05, 3.63) is 47.5 Å². The lowest BCUT2D eigenvalue weighted by molar-refractivity contribution is -0.158. The van der Waals surface area contributed by atoms with E-state index in [1.54, 1.807) is 10.2 Å². The van der Waals surface area contributed by atoms with Crippen LogP contribution in [0.2, 0.25) is 0 Å². The predicted octanol–water partition coefficient (Wildman–Crippen LogP) is 3.66. The van der Waals surface area contributed by atoms with Crippen LogP contribution in [0.25, 0.3) is 11.0 Å². The van der Waals surface area contributed by atoms with Gasteiger partial charge in [-0.1, -0.05) is 0 Å². The standard InChI is InChI=1S/C20H18F5N5O3/c1-9-13-2-11(21)3-14(22)16(13)33-15(9)17(20(23,24)25)29-19(32)28-12-4-26-18(27-5-12)30-6-10(7-30)8-31/h2-5,10,17,31H,6-8H2,1H3,(H2,28,29,32)/t17-/m0/s1. The summed E-state index contributed by atoms with van der Waals surface area (Å²) in [4.78, 5) is 22.1. The van der Waals surface area contributed by atoms with Gasteiger partial charge in [0.25, 0.3) is 0 Å². The molecule has 0 aliphatic carbocycles. The van der Waals surface area contributed by atoms with E-state index in [2.05, 4.69) is 15.3 Å². The zero-order valence-corrected chi connectivity index (χ0v) is 17.1. The van der Waals surface area contributed by atoms with E-state index >= 15 is 0 Å². The maximum Gasteiger partial charge on any atom is 0.416 e. The molecule has 0 saturated carbocycles. The molecule has 0 radical (unpaired) electrons. The number of carbonyl (C=O) groups is 1. The van der Waals surface area contributed by atoms with Crippen molar-refractivity contribution < 1.29 is 36.3 Å². The molecule has 1 aliphatic heterocycles. The van der Waals surface area contributed by atoms with Crippen LogP contribution in [0.5, 0.6) is 0 Å². The summed E-state index contributed by atoms with van der Waals surface area (Å²) < 4.78 is 73.7. The molecule has 0 bridgehead atoms. The van der Waals surface area contributed by atoms with Crippen molar-refractivity contribution in [2.75, 3.05) is 29.9 Å². The molecule has 3 N–H and O–H groups in total. The Morgan fingerprint density at radius 3 is 2.55 bits per heavy atom. The van der Waals surface area contributed by atoms with E-state index in [-0.39, 0.29) is 29.2 Å². The van der Waals surface area contributed by atoms with Crippen molar-refractivity contribution >= 4 is 28.6 Å². The SMILES string of the molecule is Cc1c([C@H](NC(=O)Nc2cnc(N3CC(CO)C3)nc2)C(F)(F)F)oc2c(F)cc(F)cc12. The molecule has 1 fully saturated rings. The fourth-order valence-corrected chi connectivity index (χ4v) is 3.53. The second-order valence-corrected chi connectivity index (χ2v) is 7.65. The summed E-state index contributed by atoms with van der Waals surface area (Å²) in [5.74, 6) is -2.41. The third-order valence-electron chi connectivity index (χ3n) is 5.25. The molecule has 1 saturated heterocycles. The lowest BCUT2D eigenvalue weighted by Crippen LogP contribution is -2.49. The zero-order valence-electron chi connectivity index (χ0n) is 17.1. The van der Waals surface area contributed by atoms with Gasteiger partial charge >= 0.3 is 12.2 Å². The summed E-state index contributed by atoms with van der Waals surface area (Å²) in [5, 5.41) is 12.8. The van der Waals surface area contributed by atoms with E-state index in [4.69, 9.17) is 9.52 Å². The molecule has 33 heavy (non-hydrogen) atoms. The van der Waals surface area contributed by atoms with Crippen molar-refractivity contribution in [2.45, 2.75) is 19.1 Å². The van der Waals surface area contributed by atoms with Crippen molar-refractivity contribution in [1.82, 2.24) is 15.3 Å². The number of nitrogens with zero attached hydrogens (tertiary/aromatic N) is 3. The van der Waals surface area contributed by atoms with Gasteiger partial charge in [0.1, 0.15) is 11.6 Å². The maximum atomic E-state index is 14.0. The van der Waals surface area contributed by atoms with Crippen LogP contribution >= 0.6 is 0 Å². The summed E-state index contributed by atoms with van der Waals surface area (Å²) in [6.45, 7) is 2.39. The number of furan rings is 1. The normalized spacial score (nSPS) is 15.4. The first-order chi connectivity index (χ1) is 15.6. The highest BCUT2D eigenvalue weighted by Crippen LogP contribution is 2.39. The molecular weight excluding hydrogens is 453 g/mol. The molecule has 1 aromatic carbocycles. The molecule has 176 valence electrons. The van der Waals surface area contributed by atoms with Gasteiger partial charge in [-0.3, -0.25) is 0 Å². The Hall–Kier alpha value is -3.48. The van der Waals surface area contributed by atoms with Gasteiger partial charge in [0.05, 0.1) is 18.1 Å². The van der Waals surface area contributed by atoms with Crippen molar-refractivity contribution in [3.63, 3.8) is 0 Å². The number of anilines is 2. The number of nitrogens with one attached hydrogen (secondary N) is 2. The summed E-state index contributed by atoms with van der Waals surface area (Å²) >= 11 is 0. The lowest BCUT2D eigenvalue weighted by atomic mass is 10.0. The van der Waals surface area contributed by atoms with Crippen LogP contribution in [0.15, 0.2) is 28.9 Å². The number of aryl methyl sites for hydroxylation is 1. The van der Waals surface area contributed by atoms with E-state index < -0.39 is 41.2 Å². The third-order valence-corrected chi connectivity index (χ3v) is 5.25. The minimum Gasteiger partial charge on any atom is -0.455 e. The number of alkyl halides is 3. The van der Waals surface area contributed by atoms with Gasteiger partial charge in [0.15, 0.2) is 17.4 Å². The molecule has 13 heteroatoms. The Balaban J connectivity index is 1.51. The van der Waals surface area contributed by atoms with E-state index in [0.717, 1.165) is 6.07 Å². The summed E-state index contributed by atoms with van der Waals surface area (Å²) in [6.07, 6.45) is -2.55. The molecule has 2 aromatic heterocycles. The van der Waals surface area contributed by atoms with Gasteiger partial charge in [0.2, 0.25) is 5.95 Å². The minimum absolute atomic E-state index is 0.0332. The molecular formula is C20H18F5N5O3. The average molecular weight is 471 g/mol. The molecule has 3 heterocycles. The Labute approximate surface area is 183 Å². The molecule has 1 aliphatic rings. The Morgan fingerprint density at radius 1 is 1.27 bits per heavy atom. The Bertz CT molecular complexity index is 1180. The molecule has 3 aromatic rings. The number of halogens is 5. The van der Waals surface area contributed by atoms with Gasteiger partial charge < -0.3 is 25.1 Å². The molecule has 8 nitrogen and oxygen atoms in total. The number of benzene rings is 1. The van der Waals surface area contributed by atoms with Crippen LogP contribution in [0.4, 0.5) is 38.4 Å². The summed E-state index contributed by atoms with van der Waals surface area (Å²) in [6, 6.07) is -2.51. The first kappa shape index (κ1) is 22.7. The largest absolute Gasteiger partial charge is 0.455 e. The summed E-state index contributed by atoms with van der Waals surface area (Å²) in [5.41, 5.74) is -0.668. The van der Waals surface area contributed by atoms with Crippen LogP contribution in [0, 0.1) is 24.5 Å². The lowest BCUT2D eigenvalue weighted by Gasteiger charge is -2.38. The Morgan fingerprint density at radius 2 is 1.94 bits per heavy atom. The second kappa shape index (κ2) is 8.46. The van der Waals surface area contributed by atoms with Crippen molar-refractivity contribution in [2.24, 2.45) is 5.92 Å². The van der Waals surface area contributed by atoms with E-state index in [1.807, 2.05) is 0 Å². The molecule has 1 atom stereocenters. The van der Waals surface area contributed by atoms with Crippen LogP contribution < -0.4 is 15.5 Å². The number of fused-ring (bicyclic) bond motifs is 1. The average Bonchev–Trinajstić information content (AvgIpc) is 3.02. The quantitative estimate of drug-likeness (QED) is 0.491. The number of hydrogen-bond donors (Lipinski definition) is 3. The number of urea groups is 1. The van der Waals surface area contributed by atoms with Crippen molar-refractivity contribution in [1.29, 1.82) is 0 Å². The number of rotatable bonds is 5. The first-order valence-corrected chi connectivity index (χ1v) is 9.77. The highest BCUT2D eigenvalue weighted by molar-refractivity contribution is 5.89. The van der Waals surface area contributed by atoms with Crippen LogP contribution in [-0.2, 0) is 0 Å². The van der Waals surface area contributed by atoms with Crippen LogP contribution in [-0.4, -0.2) is 47.0 Å². The van der Waals surface area contributed by atoms with Gasteiger partial charge in [-0.15, -0.1) is 0 Å². The van der Waals surface area contributed by atoms with Gasteiger partial charge in [0, 0.05) is 42.6 Å². The first-order valence-electron chi connectivity index (χ1n) is 9.77. The number of aromatic nitrogens is 2. The van der Waals surface area contributed by atoms with Crippen LogP contribution in [0.3, 0.4) is 0 Å². The van der Waals surface area contributed by atoms with E-state index in [9.17, 15) is 26.7 Å². The third kappa shape index (κ3) is 4.53. The predicted molar refractivity (Wildman–Crippen MR) is 107 cm³/mol. The van der Waals surface area contributed by atoms with Gasteiger partial charge in [-0.2, -0.15) is 13.2 Å². The van der Waals surface area contributed by atoms with Crippen LogP contribution in [0.1, 0.15) is 17.4 Å². The highest BCUT2D eigenvalue weighted by Gasteiger charge is 2.45.